The van der Waals surface area contributed by atoms with Gasteiger partial charge >= 0.3 is 0 Å². The summed E-state index contributed by atoms with van der Waals surface area (Å²) in [6, 6.07) is 7.96. The molecule has 1 aliphatic carbocycles. The third kappa shape index (κ3) is 3.49. The lowest BCUT2D eigenvalue weighted by molar-refractivity contribution is 0.0910. The predicted octanol–water partition coefficient (Wildman–Crippen LogP) is 3.43. The third-order valence-electron chi connectivity index (χ3n) is 4.12. The zero-order valence-corrected chi connectivity index (χ0v) is 12.1. The molecule has 1 aromatic carbocycles. The minimum absolute atomic E-state index is 0.0367. The van der Waals surface area contributed by atoms with Crippen LogP contribution < -0.4 is 10.6 Å². The Kier molecular flexibility index (Phi) is 4.13. The lowest BCUT2D eigenvalue weighted by atomic mass is 9.75. The van der Waals surface area contributed by atoms with Crippen LogP contribution in [0.3, 0.4) is 0 Å². The molecule has 1 fully saturated rings. The molecule has 2 rings (SSSR count). The first kappa shape index (κ1) is 13.9. The van der Waals surface area contributed by atoms with E-state index >= 15 is 0 Å². The van der Waals surface area contributed by atoms with Gasteiger partial charge in [0.15, 0.2) is 0 Å². The van der Waals surface area contributed by atoms with Crippen LogP contribution in [0.2, 0.25) is 0 Å². The molecule has 0 spiro atoms. The zero-order chi connectivity index (χ0) is 13.9. The van der Waals surface area contributed by atoms with Gasteiger partial charge in [0.1, 0.15) is 0 Å². The van der Waals surface area contributed by atoms with Crippen LogP contribution in [0.4, 0.5) is 5.69 Å². The maximum atomic E-state index is 12.3. The lowest BCUT2D eigenvalue weighted by Gasteiger charge is -2.34. The molecule has 104 valence electrons. The summed E-state index contributed by atoms with van der Waals surface area (Å²) in [6.07, 6.45) is 4.54. The smallest absolute Gasteiger partial charge is 0.253 e. The molecule has 0 aromatic heterocycles. The van der Waals surface area contributed by atoms with E-state index in [1.165, 1.54) is 12.8 Å². The van der Waals surface area contributed by atoms with Gasteiger partial charge in [-0.25, -0.2) is 0 Å². The van der Waals surface area contributed by atoms with E-state index in [4.69, 9.17) is 0 Å². The first-order valence-corrected chi connectivity index (χ1v) is 7.09. The summed E-state index contributed by atoms with van der Waals surface area (Å²) < 4.78 is 0. The quantitative estimate of drug-likeness (QED) is 0.874. The molecule has 1 aromatic rings. The molecule has 2 N–H and O–H groups in total. The highest BCUT2D eigenvalue weighted by atomic mass is 16.1. The summed E-state index contributed by atoms with van der Waals surface area (Å²) >= 11 is 0. The van der Waals surface area contributed by atoms with E-state index in [0.717, 1.165) is 24.1 Å². The second-order valence-electron chi connectivity index (χ2n) is 6.21. The van der Waals surface area contributed by atoms with E-state index in [2.05, 4.69) is 24.5 Å². The minimum Gasteiger partial charge on any atom is -0.387 e. The Labute approximate surface area is 115 Å². The van der Waals surface area contributed by atoms with Crippen molar-refractivity contribution in [3.63, 3.8) is 0 Å². The van der Waals surface area contributed by atoms with Gasteiger partial charge in [-0.05, 0) is 43.2 Å². The van der Waals surface area contributed by atoms with E-state index < -0.39 is 0 Å². The number of amides is 1. The van der Waals surface area contributed by atoms with Crippen LogP contribution >= 0.6 is 0 Å². The summed E-state index contributed by atoms with van der Waals surface area (Å²) in [4.78, 5) is 12.3. The van der Waals surface area contributed by atoms with Gasteiger partial charge in [-0.3, -0.25) is 4.79 Å². The van der Waals surface area contributed by atoms with Crippen molar-refractivity contribution in [3.05, 3.63) is 29.8 Å². The number of rotatable bonds is 3. The summed E-state index contributed by atoms with van der Waals surface area (Å²) in [5.74, 6) is 0.0367. The Hall–Kier alpha value is -1.51. The molecule has 1 saturated carbocycles. The van der Waals surface area contributed by atoms with Crippen LogP contribution in [0.5, 0.6) is 0 Å². The molecule has 0 heterocycles. The summed E-state index contributed by atoms with van der Waals surface area (Å²) in [5, 5.41) is 6.23. The largest absolute Gasteiger partial charge is 0.387 e. The van der Waals surface area contributed by atoms with Gasteiger partial charge in [-0.1, -0.05) is 26.0 Å². The number of para-hydroxylation sites is 1. The van der Waals surface area contributed by atoms with Crippen molar-refractivity contribution in [1.82, 2.24) is 5.32 Å². The van der Waals surface area contributed by atoms with E-state index in [9.17, 15) is 4.79 Å². The van der Waals surface area contributed by atoms with Crippen molar-refractivity contribution in [2.75, 3.05) is 12.4 Å². The molecule has 1 amide bonds. The van der Waals surface area contributed by atoms with Crippen molar-refractivity contribution >= 4 is 11.6 Å². The average Bonchev–Trinajstić information content (AvgIpc) is 2.41. The number of nitrogens with one attached hydrogen (secondary N) is 2. The van der Waals surface area contributed by atoms with Gasteiger partial charge in [-0.2, -0.15) is 0 Å². The Balaban J connectivity index is 1.98. The van der Waals surface area contributed by atoms with Crippen LogP contribution in [0.1, 0.15) is 49.9 Å². The van der Waals surface area contributed by atoms with Gasteiger partial charge in [0.2, 0.25) is 0 Å². The van der Waals surface area contributed by atoms with Crippen LogP contribution in [0, 0.1) is 5.41 Å². The molecule has 0 bridgehead atoms. The predicted molar refractivity (Wildman–Crippen MR) is 79.5 cm³/mol. The summed E-state index contributed by atoms with van der Waals surface area (Å²) in [7, 11) is 1.84. The van der Waals surface area contributed by atoms with Crippen LogP contribution in [-0.4, -0.2) is 19.0 Å². The van der Waals surface area contributed by atoms with Crippen molar-refractivity contribution in [1.29, 1.82) is 0 Å². The molecule has 19 heavy (non-hydrogen) atoms. The van der Waals surface area contributed by atoms with E-state index in [1.807, 2.05) is 31.3 Å². The normalized spacial score (nSPS) is 18.9. The van der Waals surface area contributed by atoms with Crippen LogP contribution in [0.15, 0.2) is 24.3 Å². The fourth-order valence-electron chi connectivity index (χ4n) is 2.71. The molecule has 0 aliphatic heterocycles. The van der Waals surface area contributed by atoms with Gasteiger partial charge in [-0.15, -0.1) is 0 Å². The van der Waals surface area contributed by atoms with E-state index in [-0.39, 0.29) is 5.91 Å². The number of carbonyl (C=O) groups is 1. The number of anilines is 1. The summed E-state index contributed by atoms with van der Waals surface area (Å²) in [5.41, 5.74) is 2.05. The average molecular weight is 260 g/mol. The van der Waals surface area contributed by atoms with Crippen molar-refractivity contribution in [2.45, 2.75) is 45.6 Å². The summed E-state index contributed by atoms with van der Waals surface area (Å²) in [6.45, 7) is 4.61. The molecule has 3 nitrogen and oxygen atoms in total. The highest BCUT2D eigenvalue weighted by molar-refractivity contribution is 5.99. The first-order valence-electron chi connectivity index (χ1n) is 7.09. The Bertz CT molecular complexity index is 444. The van der Waals surface area contributed by atoms with Gasteiger partial charge in [0.05, 0.1) is 5.56 Å². The number of carbonyl (C=O) groups excluding carboxylic acids is 1. The second-order valence-corrected chi connectivity index (χ2v) is 6.21. The maximum absolute atomic E-state index is 12.3. The number of hydrogen-bond donors (Lipinski definition) is 2. The monoisotopic (exact) mass is 260 g/mol. The molecule has 0 unspecified atom stereocenters. The second kappa shape index (κ2) is 5.64. The minimum atomic E-state index is 0.0367. The first-order chi connectivity index (χ1) is 9.02. The Morgan fingerprint density at radius 3 is 2.47 bits per heavy atom. The van der Waals surface area contributed by atoms with Crippen molar-refractivity contribution < 1.29 is 4.79 Å². The Morgan fingerprint density at radius 2 is 1.84 bits per heavy atom. The molecule has 0 atom stereocenters. The zero-order valence-electron chi connectivity index (χ0n) is 12.1. The number of benzene rings is 1. The van der Waals surface area contributed by atoms with E-state index in [0.29, 0.717) is 11.5 Å². The standard InChI is InChI=1S/C16H24N2O/c1-16(2)10-8-12(9-11-16)18-15(19)13-6-4-5-7-14(13)17-3/h4-7,12,17H,8-11H2,1-3H3,(H,18,19). The third-order valence-corrected chi connectivity index (χ3v) is 4.12. The number of hydrogen-bond acceptors (Lipinski definition) is 2. The SMILES string of the molecule is CNc1ccccc1C(=O)NC1CCC(C)(C)CC1. The van der Waals surface area contributed by atoms with Crippen molar-refractivity contribution in [2.24, 2.45) is 5.41 Å². The molecule has 3 heteroatoms. The van der Waals surface area contributed by atoms with Gasteiger partial charge < -0.3 is 10.6 Å². The maximum Gasteiger partial charge on any atom is 0.253 e. The van der Waals surface area contributed by atoms with Crippen LogP contribution in [-0.2, 0) is 0 Å². The van der Waals surface area contributed by atoms with Gasteiger partial charge in [0, 0.05) is 18.8 Å². The highest BCUT2D eigenvalue weighted by Gasteiger charge is 2.27. The Morgan fingerprint density at radius 1 is 1.21 bits per heavy atom. The molecule has 1 aliphatic rings. The van der Waals surface area contributed by atoms with Gasteiger partial charge in [0.25, 0.3) is 5.91 Å². The highest BCUT2D eigenvalue weighted by Crippen LogP contribution is 2.35. The van der Waals surface area contributed by atoms with Crippen molar-refractivity contribution in [3.8, 4) is 0 Å². The van der Waals surface area contributed by atoms with E-state index in [1.54, 1.807) is 0 Å². The molecule has 0 radical (unpaired) electrons. The fraction of sp³-hybridized carbons (Fsp3) is 0.562. The lowest BCUT2D eigenvalue weighted by Crippen LogP contribution is -2.39. The molecular formula is C16H24N2O. The fourth-order valence-corrected chi connectivity index (χ4v) is 2.71. The van der Waals surface area contributed by atoms with Crippen LogP contribution in [0.25, 0.3) is 0 Å². The molecular weight excluding hydrogens is 236 g/mol. The topological polar surface area (TPSA) is 41.1 Å². The molecule has 0 saturated heterocycles.